The summed E-state index contributed by atoms with van der Waals surface area (Å²) in [6.45, 7) is 31.9. The molecule has 0 aliphatic rings. The maximum Gasteiger partial charge on any atom is 4.00 e. The number of carbonyl (C=O) groups excluding carboxylic acids is 8. The van der Waals surface area contributed by atoms with Crippen molar-refractivity contribution < 1.29 is 123 Å². The number of ether oxygens (including phenoxy) is 8. The summed E-state index contributed by atoms with van der Waals surface area (Å²) in [5.74, 6) is -19.1. The van der Waals surface area contributed by atoms with Gasteiger partial charge in [-0.25, -0.2) is 0 Å². The molecule has 0 radical (unpaired) electrons. The number of hydrogen-bond donors (Lipinski definition) is 0. The van der Waals surface area contributed by atoms with Gasteiger partial charge in [-0.15, -0.1) is 0 Å². The number of aliphatic carboxylic acids is 4. The smallest absolute Gasteiger partial charge is 0.544 e. The Labute approximate surface area is 531 Å². The molecule has 21 heteroatoms. The molecule has 0 saturated heterocycles. The van der Waals surface area contributed by atoms with Gasteiger partial charge in [-0.1, -0.05) is 162 Å². The Morgan fingerprint density at radius 1 is 0.247 bits per heavy atom. The van der Waals surface area contributed by atoms with Gasteiger partial charge in [0.05, 0.1) is 52.9 Å². The van der Waals surface area contributed by atoms with Crippen molar-refractivity contribution in [1.82, 2.24) is 0 Å². The van der Waals surface area contributed by atoms with E-state index in [0.29, 0.717) is 103 Å². The predicted molar refractivity (Wildman–Crippen MR) is 314 cm³/mol. The Balaban J connectivity index is -0.000000333. The first-order valence-electron chi connectivity index (χ1n) is 32.1. The van der Waals surface area contributed by atoms with E-state index >= 15 is 0 Å². The van der Waals surface area contributed by atoms with Crippen LogP contribution < -0.4 is 20.4 Å². The van der Waals surface area contributed by atoms with Crippen molar-refractivity contribution in [3.05, 3.63) is 0 Å². The molecule has 0 spiro atoms. The molecule has 0 aliphatic heterocycles. The van der Waals surface area contributed by atoms with Crippen LogP contribution in [0.2, 0.25) is 0 Å². The normalized spacial score (nSPS) is 11.7. The van der Waals surface area contributed by atoms with Crippen molar-refractivity contribution in [2.45, 2.75) is 288 Å². The molecule has 0 bridgehead atoms. The molecule has 0 aromatic rings. The Hall–Kier alpha value is -2.89. The first-order chi connectivity index (χ1) is 40.0. The first kappa shape index (κ1) is 90.8. The number of carboxylic acid groups (broad SMARTS) is 4. The quantitative estimate of drug-likeness (QED) is 0.0239. The third-order valence-corrected chi connectivity index (χ3v) is 14.2. The number of hydrogen-bond acceptors (Lipinski definition) is 20. The zero-order valence-corrected chi connectivity index (χ0v) is 59.2. The average Bonchev–Trinajstić information content (AvgIpc) is 3.54. The van der Waals surface area contributed by atoms with Gasteiger partial charge < -0.3 is 77.5 Å². The van der Waals surface area contributed by atoms with Crippen molar-refractivity contribution in [3.63, 3.8) is 0 Å². The van der Waals surface area contributed by atoms with Crippen LogP contribution in [0.5, 0.6) is 0 Å². The molecule has 0 amide bonds. The topological polar surface area (TPSA) is 303 Å². The second-order valence-electron chi connectivity index (χ2n) is 20.7. The van der Waals surface area contributed by atoms with Crippen LogP contribution in [0.3, 0.4) is 0 Å². The van der Waals surface area contributed by atoms with E-state index in [0.717, 1.165) is 51.4 Å². The third-order valence-electron chi connectivity index (χ3n) is 14.2. The average molecular weight is 1380 g/mol. The van der Waals surface area contributed by atoms with Gasteiger partial charge in [0.2, 0.25) is 23.1 Å². The summed E-state index contributed by atoms with van der Waals surface area (Å²) in [7, 11) is 0. The fourth-order valence-electron chi connectivity index (χ4n) is 8.20. The molecule has 0 atom stereocenters. The van der Waals surface area contributed by atoms with Gasteiger partial charge >= 0.3 is 25.8 Å². The first-order valence-corrected chi connectivity index (χ1v) is 32.1. The number of Topliss-reactive ketones (excluding diaryl/α,β-unsaturated/α-hetero) is 4. The predicted octanol–water partition coefficient (Wildman–Crippen LogP) is 8.28. The number of carboxylic acids is 4. The maximum atomic E-state index is 12.6. The SMILES string of the molecule is CCCCOC(OCCCC)(C(=O)[O-])C(=O)C(CC)CC.CCCCOC(OCCCC)(C(=O)[O-])C(=O)C(CC)CC.CCCCOC(OCCCC)(C(=O)[O-])C(=O)C(CC)CC.CCCCOC(OCCCC)(C(=O)[O-])C(=O)C(CC)CC.[Hf+4]. The van der Waals surface area contributed by atoms with Gasteiger partial charge in [-0.3, -0.25) is 19.2 Å². The number of rotatable bonds is 52. The zero-order chi connectivity index (χ0) is 65.2. The Morgan fingerprint density at radius 3 is 0.424 bits per heavy atom. The van der Waals surface area contributed by atoms with E-state index in [1.54, 1.807) is 0 Å². The van der Waals surface area contributed by atoms with Gasteiger partial charge in [0.1, 0.15) is 23.9 Å². The van der Waals surface area contributed by atoms with E-state index in [-0.39, 0.29) is 78.7 Å². The molecular formula is C64H116HfO20. The van der Waals surface area contributed by atoms with Crippen molar-refractivity contribution in [2.75, 3.05) is 52.9 Å². The van der Waals surface area contributed by atoms with Gasteiger partial charge in [0, 0.05) is 23.7 Å². The fraction of sp³-hybridized carbons (Fsp3) is 0.875. The van der Waals surface area contributed by atoms with Gasteiger partial charge in [-0.2, -0.15) is 0 Å². The number of carbonyl (C=O) groups is 8. The summed E-state index contributed by atoms with van der Waals surface area (Å²) < 4.78 is 43.1. The van der Waals surface area contributed by atoms with Crippen LogP contribution in [0, 0.1) is 23.7 Å². The van der Waals surface area contributed by atoms with Crippen molar-refractivity contribution in [2.24, 2.45) is 23.7 Å². The molecule has 0 rings (SSSR count). The Morgan fingerprint density at radius 2 is 0.353 bits per heavy atom. The van der Waals surface area contributed by atoms with Crippen LogP contribution in [0.1, 0.15) is 265 Å². The minimum Gasteiger partial charge on any atom is -0.544 e. The fourth-order valence-corrected chi connectivity index (χ4v) is 8.20. The molecule has 0 aromatic heterocycles. The van der Waals surface area contributed by atoms with Crippen molar-refractivity contribution in [1.29, 1.82) is 0 Å². The van der Waals surface area contributed by atoms with Gasteiger partial charge in [0.15, 0.2) is 0 Å². The van der Waals surface area contributed by atoms with E-state index in [9.17, 15) is 58.8 Å². The summed E-state index contributed by atoms with van der Waals surface area (Å²) in [6, 6.07) is 0. The van der Waals surface area contributed by atoms with E-state index < -0.39 is 93.8 Å². The van der Waals surface area contributed by atoms with E-state index in [4.69, 9.17) is 37.9 Å². The molecule has 0 heterocycles. The second-order valence-corrected chi connectivity index (χ2v) is 20.7. The van der Waals surface area contributed by atoms with Crippen LogP contribution in [0.15, 0.2) is 0 Å². The summed E-state index contributed by atoms with van der Waals surface area (Å²) in [5.41, 5.74) is 0. The largest absolute Gasteiger partial charge is 4.00 e. The van der Waals surface area contributed by atoms with E-state index in [1.165, 1.54) is 0 Å². The Bertz CT molecular complexity index is 1460. The Kier molecular flexibility index (Phi) is 59.0. The molecule has 0 N–H and O–H groups in total. The molecule has 85 heavy (non-hydrogen) atoms. The maximum absolute atomic E-state index is 12.6. The van der Waals surface area contributed by atoms with Crippen LogP contribution in [0.25, 0.3) is 0 Å². The van der Waals surface area contributed by atoms with E-state index in [1.807, 2.05) is 111 Å². The van der Waals surface area contributed by atoms with Crippen LogP contribution >= 0.6 is 0 Å². The van der Waals surface area contributed by atoms with Crippen LogP contribution in [-0.4, -0.2) is 123 Å². The molecule has 0 saturated carbocycles. The molecule has 496 valence electrons. The van der Waals surface area contributed by atoms with Crippen LogP contribution in [0.4, 0.5) is 0 Å². The minimum atomic E-state index is -2.25. The summed E-state index contributed by atoms with van der Waals surface area (Å²) >= 11 is 0. The molecule has 0 fully saturated rings. The van der Waals surface area contributed by atoms with Crippen molar-refractivity contribution in [3.8, 4) is 0 Å². The third kappa shape index (κ3) is 32.4. The van der Waals surface area contributed by atoms with Crippen molar-refractivity contribution >= 4 is 47.0 Å². The number of unbranched alkanes of at least 4 members (excludes halogenated alkanes) is 8. The second kappa shape index (κ2) is 55.2. The molecule has 0 unspecified atom stereocenters. The molecule has 0 aliphatic carbocycles. The number of ketones is 4. The standard InChI is InChI=1S/4C16H30O5.Hf/c4*1-5-9-11-20-16(15(18)19,21-12-10-6-2)14(17)13(7-3)8-4;/h4*13H,5-12H2,1-4H3,(H,18,19);/q;;;;+4/p-4. The van der Waals surface area contributed by atoms with Crippen LogP contribution in [-0.2, 0) is 102 Å². The molecule has 0 aromatic carbocycles. The van der Waals surface area contributed by atoms with Gasteiger partial charge in [-0.05, 0) is 103 Å². The van der Waals surface area contributed by atoms with Gasteiger partial charge in [0.25, 0.3) is 23.1 Å². The molecular weight excluding hydrogens is 1270 g/mol. The molecule has 20 nitrogen and oxygen atoms in total. The van der Waals surface area contributed by atoms with E-state index in [2.05, 4.69) is 0 Å². The monoisotopic (exact) mass is 1380 g/mol. The summed E-state index contributed by atoms with van der Waals surface area (Å²) in [4.78, 5) is 96.8. The minimum absolute atomic E-state index is 0. The zero-order valence-electron chi connectivity index (χ0n) is 55.6. The summed E-state index contributed by atoms with van der Waals surface area (Å²) in [5, 5.41) is 46.4. The summed E-state index contributed by atoms with van der Waals surface area (Å²) in [6.07, 6.45) is 16.5.